The van der Waals surface area contributed by atoms with Crippen molar-refractivity contribution >= 4 is 11.6 Å². The molecule has 5 heteroatoms. The number of fused-ring (bicyclic) bond motifs is 1. The number of hydrogen-bond acceptors (Lipinski definition) is 4. The second-order valence-electron chi connectivity index (χ2n) is 4.68. The highest BCUT2D eigenvalue weighted by Crippen LogP contribution is 2.39. The normalized spacial score (nSPS) is 16.5. The van der Waals surface area contributed by atoms with Crippen molar-refractivity contribution in [3.8, 4) is 17.6 Å². The Kier molecular flexibility index (Phi) is 2.99. The van der Waals surface area contributed by atoms with Crippen LogP contribution in [0, 0.1) is 11.3 Å². The van der Waals surface area contributed by atoms with Gasteiger partial charge in [-0.3, -0.25) is 9.69 Å². The molecule has 104 valence electrons. The summed E-state index contributed by atoms with van der Waals surface area (Å²) in [6.07, 6.45) is 0. The van der Waals surface area contributed by atoms with E-state index in [0.717, 1.165) is 0 Å². The van der Waals surface area contributed by atoms with Crippen LogP contribution in [0.1, 0.15) is 22.0 Å². The molecule has 2 aromatic rings. The number of anilines is 1. The summed E-state index contributed by atoms with van der Waals surface area (Å²) < 4.78 is 5.15. The van der Waals surface area contributed by atoms with E-state index in [1.54, 1.807) is 30.3 Å². The van der Waals surface area contributed by atoms with Crippen molar-refractivity contribution in [2.75, 3.05) is 12.0 Å². The third-order valence-corrected chi connectivity index (χ3v) is 3.51. The summed E-state index contributed by atoms with van der Waals surface area (Å²) in [6.45, 7) is 0. The fourth-order valence-electron chi connectivity index (χ4n) is 2.48. The van der Waals surface area contributed by atoms with Crippen LogP contribution in [0.3, 0.4) is 0 Å². The molecule has 0 saturated carbocycles. The van der Waals surface area contributed by atoms with Crippen LogP contribution in [-0.4, -0.2) is 18.1 Å². The van der Waals surface area contributed by atoms with Gasteiger partial charge in [-0.15, -0.1) is 0 Å². The van der Waals surface area contributed by atoms with E-state index in [2.05, 4.69) is 6.07 Å². The SMILES string of the molecule is COc1ccc2c(c1)C(C#N)N(c1ccc(O)cc1)C2=O. The predicted octanol–water partition coefficient (Wildman–Crippen LogP) is 2.63. The highest BCUT2D eigenvalue weighted by molar-refractivity contribution is 6.11. The number of nitriles is 1. The van der Waals surface area contributed by atoms with E-state index in [0.29, 0.717) is 22.6 Å². The van der Waals surface area contributed by atoms with E-state index >= 15 is 0 Å². The van der Waals surface area contributed by atoms with Crippen molar-refractivity contribution in [3.63, 3.8) is 0 Å². The number of phenolic OH excluding ortho intramolecular Hbond substituents is 1. The van der Waals surface area contributed by atoms with Gasteiger partial charge in [-0.05, 0) is 42.5 Å². The van der Waals surface area contributed by atoms with E-state index in [-0.39, 0.29) is 11.7 Å². The smallest absolute Gasteiger partial charge is 0.260 e. The molecular weight excluding hydrogens is 268 g/mol. The minimum Gasteiger partial charge on any atom is -0.508 e. The standard InChI is InChI=1S/C16H12N2O3/c1-21-12-6-7-13-14(8-12)15(9-17)18(16(13)20)10-2-4-11(19)5-3-10/h2-8,15,19H,1H3. The third-order valence-electron chi connectivity index (χ3n) is 3.51. The highest BCUT2D eigenvalue weighted by atomic mass is 16.5. The Labute approximate surface area is 121 Å². The molecule has 0 aromatic heterocycles. The molecule has 3 rings (SSSR count). The first kappa shape index (κ1) is 13.0. The van der Waals surface area contributed by atoms with Crippen LogP contribution in [0.4, 0.5) is 5.69 Å². The summed E-state index contributed by atoms with van der Waals surface area (Å²) in [7, 11) is 1.54. The van der Waals surface area contributed by atoms with Crippen LogP contribution in [-0.2, 0) is 0 Å². The van der Waals surface area contributed by atoms with Gasteiger partial charge < -0.3 is 9.84 Å². The first-order valence-corrected chi connectivity index (χ1v) is 6.36. The topological polar surface area (TPSA) is 73.6 Å². The Morgan fingerprint density at radius 1 is 1.24 bits per heavy atom. The largest absolute Gasteiger partial charge is 0.508 e. The number of carbonyl (C=O) groups excluding carboxylic acids is 1. The highest BCUT2D eigenvalue weighted by Gasteiger charge is 2.38. The maximum absolute atomic E-state index is 12.5. The zero-order valence-corrected chi connectivity index (χ0v) is 11.3. The molecule has 0 saturated heterocycles. The molecule has 1 aliphatic heterocycles. The van der Waals surface area contributed by atoms with Crippen molar-refractivity contribution in [3.05, 3.63) is 53.6 Å². The molecule has 0 fully saturated rings. The van der Waals surface area contributed by atoms with Crippen LogP contribution in [0.25, 0.3) is 0 Å². The van der Waals surface area contributed by atoms with Gasteiger partial charge in [-0.1, -0.05) is 0 Å². The molecule has 1 amide bonds. The average Bonchev–Trinajstić information content (AvgIpc) is 2.80. The number of hydrogen-bond donors (Lipinski definition) is 1. The lowest BCUT2D eigenvalue weighted by molar-refractivity contribution is 0.0994. The van der Waals surface area contributed by atoms with Crippen molar-refractivity contribution in [2.45, 2.75) is 6.04 Å². The molecule has 21 heavy (non-hydrogen) atoms. The van der Waals surface area contributed by atoms with Gasteiger partial charge >= 0.3 is 0 Å². The van der Waals surface area contributed by atoms with E-state index in [1.807, 2.05) is 0 Å². The van der Waals surface area contributed by atoms with Crippen molar-refractivity contribution in [1.82, 2.24) is 0 Å². The van der Waals surface area contributed by atoms with E-state index < -0.39 is 6.04 Å². The van der Waals surface area contributed by atoms with Crippen LogP contribution in [0.15, 0.2) is 42.5 Å². The number of ether oxygens (including phenoxy) is 1. The Hall–Kier alpha value is -3.00. The molecule has 1 heterocycles. The number of aromatic hydroxyl groups is 1. The Bertz CT molecular complexity index is 747. The van der Waals surface area contributed by atoms with Crippen LogP contribution < -0.4 is 9.64 Å². The van der Waals surface area contributed by atoms with Crippen LogP contribution in [0.5, 0.6) is 11.5 Å². The second kappa shape index (κ2) is 4.84. The summed E-state index contributed by atoms with van der Waals surface area (Å²) >= 11 is 0. The van der Waals surface area contributed by atoms with E-state index in [9.17, 15) is 15.2 Å². The Morgan fingerprint density at radius 3 is 2.57 bits per heavy atom. The van der Waals surface area contributed by atoms with Crippen molar-refractivity contribution in [1.29, 1.82) is 5.26 Å². The first-order chi connectivity index (χ1) is 10.2. The number of phenols is 1. The first-order valence-electron chi connectivity index (χ1n) is 6.36. The van der Waals surface area contributed by atoms with Gasteiger partial charge in [0.05, 0.1) is 13.2 Å². The molecule has 0 bridgehead atoms. The monoisotopic (exact) mass is 280 g/mol. The molecule has 1 unspecified atom stereocenters. The fourth-order valence-corrected chi connectivity index (χ4v) is 2.48. The van der Waals surface area contributed by atoms with Crippen LogP contribution in [0.2, 0.25) is 0 Å². The number of methoxy groups -OCH3 is 1. The van der Waals surface area contributed by atoms with E-state index in [1.165, 1.54) is 24.1 Å². The molecule has 5 nitrogen and oxygen atoms in total. The molecular formula is C16H12N2O3. The minimum absolute atomic E-state index is 0.109. The van der Waals surface area contributed by atoms with Gasteiger partial charge in [0.1, 0.15) is 11.5 Å². The summed E-state index contributed by atoms with van der Waals surface area (Å²) in [5.41, 5.74) is 1.70. The van der Waals surface area contributed by atoms with Gasteiger partial charge in [0.15, 0.2) is 6.04 Å². The number of benzene rings is 2. The molecule has 0 aliphatic carbocycles. The Morgan fingerprint density at radius 2 is 1.95 bits per heavy atom. The number of rotatable bonds is 2. The van der Waals surface area contributed by atoms with Crippen LogP contribution >= 0.6 is 0 Å². The van der Waals surface area contributed by atoms with Gasteiger partial charge in [0.2, 0.25) is 0 Å². The summed E-state index contributed by atoms with van der Waals surface area (Å²) in [5.74, 6) is 0.484. The predicted molar refractivity (Wildman–Crippen MR) is 76.3 cm³/mol. The molecule has 1 aliphatic rings. The van der Waals surface area contributed by atoms with Gasteiger partial charge in [-0.25, -0.2) is 0 Å². The minimum atomic E-state index is -0.702. The molecule has 0 radical (unpaired) electrons. The van der Waals surface area contributed by atoms with Gasteiger partial charge in [0, 0.05) is 16.8 Å². The van der Waals surface area contributed by atoms with E-state index in [4.69, 9.17) is 4.74 Å². The van der Waals surface area contributed by atoms with Gasteiger partial charge in [-0.2, -0.15) is 5.26 Å². The molecule has 2 aromatic carbocycles. The van der Waals surface area contributed by atoms with Gasteiger partial charge in [0.25, 0.3) is 5.91 Å². The number of nitrogens with zero attached hydrogens (tertiary/aromatic N) is 2. The quantitative estimate of drug-likeness (QED) is 0.917. The zero-order valence-electron chi connectivity index (χ0n) is 11.3. The summed E-state index contributed by atoms with van der Waals surface area (Å²) in [6, 6.07) is 12.7. The molecule has 1 N–H and O–H groups in total. The average molecular weight is 280 g/mol. The maximum Gasteiger partial charge on any atom is 0.260 e. The zero-order chi connectivity index (χ0) is 15.0. The lowest BCUT2D eigenvalue weighted by atomic mass is 10.1. The fraction of sp³-hybridized carbons (Fsp3) is 0.125. The maximum atomic E-state index is 12.5. The van der Waals surface area contributed by atoms with Crippen molar-refractivity contribution < 1.29 is 14.6 Å². The molecule has 0 spiro atoms. The third kappa shape index (κ3) is 1.98. The lowest BCUT2D eigenvalue weighted by Crippen LogP contribution is -2.26. The Balaban J connectivity index is 2.10. The second-order valence-corrected chi connectivity index (χ2v) is 4.68. The summed E-state index contributed by atoms with van der Waals surface area (Å²) in [5, 5.41) is 18.8. The summed E-state index contributed by atoms with van der Waals surface area (Å²) in [4.78, 5) is 13.9. The lowest BCUT2D eigenvalue weighted by Gasteiger charge is -2.20. The number of amides is 1. The molecule has 1 atom stereocenters. The number of carbonyl (C=O) groups is 1. The van der Waals surface area contributed by atoms with Crippen molar-refractivity contribution in [2.24, 2.45) is 0 Å².